The van der Waals surface area contributed by atoms with Crippen LogP contribution in [0.1, 0.15) is 41.2 Å². The molecule has 5 aromatic rings. The van der Waals surface area contributed by atoms with E-state index in [0.717, 1.165) is 31.3 Å². The summed E-state index contributed by atoms with van der Waals surface area (Å²) in [6.45, 7) is 3.35. The highest BCUT2D eigenvalue weighted by atomic mass is 19.4. The number of rotatable bonds is 5. The summed E-state index contributed by atoms with van der Waals surface area (Å²) in [4.78, 5) is 19.2. The smallest absolute Gasteiger partial charge is 0.338 e. The largest absolute Gasteiger partial charge is 0.433 e. The Kier molecular flexibility index (Phi) is 7.25. The third-order valence-corrected chi connectivity index (χ3v) is 7.50. The van der Waals surface area contributed by atoms with Gasteiger partial charge in [0.2, 0.25) is 0 Å². The summed E-state index contributed by atoms with van der Waals surface area (Å²) in [6.07, 6.45) is -6.02. The van der Waals surface area contributed by atoms with Gasteiger partial charge >= 0.3 is 12.4 Å². The molecule has 1 aliphatic rings. The Labute approximate surface area is 242 Å². The molecule has 0 amide bonds. The molecule has 12 heteroatoms. The van der Waals surface area contributed by atoms with Gasteiger partial charge in [0.25, 0.3) is 0 Å². The Hall–Kier alpha value is -4.58. The van der Waals surface area contributed by atoms with Crippen LogP contribution in [0.3, 0.4) is 0 Å². The number of nitrogens with zero attached hydrogens (tertiary/aromatic N) is 5. The molecule has 6 rings (SSSR count). The third-order valence-electron chi connectivity index (χ3n) is 7.50. The zero-order valence-corrected chi connectivity index (χ0v) is 22.7. The van der Waals surface area contributed by atoms with Gasteiger partial charge in [-0.1, -0.05) is 30.3 Å². The molecule has 6 nitrogen and oxygen atoms in total. The van der Waals surface area contributed by atoms with Crippen molar-refractivity contribution in [2.24, 2.45) is 0 Å². The van der Waals surface area contributed by atoms with Crippen molar-refractivity contribution in [2.45, 2.75) is 38.3 Å². The Morgan fingerprint density at radius 2 is 1.63 bits per heavy atom. The molecule has 1 atom stereocenters. The predicted octanol–water partition coefficient (Wildman–Crippen LogP) is 7.99. The lowest BCUT2D eigenvalue weighted by Gasteiger charge is -2.33. The minimum atomic E-state index is -4.61. The lowest BCUT2D eigenvalue weighted by atomic mass is 9.98. The number of anilines is 2. The second kappa shape index (κ2) is 10.9. The molecule has 43 heavy (non-hydrogen) atoms. The number of hydrogen-bond acceptors (Lipinski definition) is 6. The van der Waals surface area contributed by atoms with Crippen molar-refractivity contribution in [1.29, 1.82) is 0 Å². The highest BCUT2D eigenvalue weighted by molar-refractivity contribution is 5.93. The van der Waals surface area contributed by atoms with Gasteiger partial charge in [-0.3, -0.25) is 9.88 Å². The molecular weight excluding hydrogens is 570 g/mol. The molecule has 0 saturated heterocycles. The Morgan fingerprint density at radius 1 is 0.837 bits per heavy atom. The molecule has 0 aliphatic carbocycles. The number of nitrogens with one attached hydrogen (secondary N) is 1. The summed E-state index contributed by atoms with van der Waals surface area (Å²) < 4.78 is 80.5. The van der Waals surface area contributed by atoms with Crippen LogP contribution in [0, 0.1) is 0 Å². The summed E-state index contributed by atoms with van der Waals surface area (Å²) in [5, 5.41) is 3.51. The summed E-state index contributed by atoms with van der Waals surface area (Å²) in [5.74, 6) is 0.693. The SMILES string of the molecule is CC(c1nc(Nc2ccc(C(F)(F)F)nc2)c2ccc(-c3ncccc3C(F)(F)F)cc2n1)N1CCc2ccccc2C1. The molecule has 0 spiro atoms. The zero-order valence-electron chi connectivity index (χ0n) is 22.7. The summed E-state index contributed by atoms with van der Waals surface area (Å²) >= 11 is 0. The van der Waals surface area contributed by atoms with Crippen LogP contribution < -0.4 is 5.32 Å². The molecule has 0 bridgehead atoms. The Balaban J connectivity index is 1.43. The van der Waals surface area contributed by atoms with Gasteiger partial charge in [0.1, 0.15) is 17.3 Å². The molecule has 1 N–H and O–H groups in total. The van der Waals surface area contributed by atoms with Crippen LogP contribution in [0.15, 0.2) is 79.1 Å². The van der Waals surface area contributed by atoms with E-state index in [4.69, 9.17) is 9.97 Å². The Bertz CT molecular complexity index is 1790. The van der Waals surface area contributed by atoms with Crippen molar-refractivity contribution in [3.63, 3.8) is 0 Å². The molecule has 1 aliphatic heterocycles. The monoisotopic (exact) mass is 594 g/mol. The van der Waals surface area contributed by atoms with Crippen LogP contribution in [0.2, 0.25) is 0 Å². The zero-order chi connectivity index (χ0) is 30.4. The van der Waals surface area contributed by atoms with E-state index in [-0.39, 0.29) is 28.8 Å². The fraction of sp³-hybridized carbons (Fsp3) is 0.226. The summed E-state index contributed by atoms with van der Waals surface area (Å²) in [7, 11) is 0. The summed E-state index contributed by atoms with van der Waals surface area (Å²) in [6, 6.07) is 16.7. The van der Waals surface area contributed by atoms with Crippen LogP contribution in [-0.2, 0) is 25.3 Å². The van der Waals surface area contributed by atoms with Crippen LogP contribution in [-0.4, -0.2) is 31.4 Å². The highest BCUT2D eigenvalue weighted by Crippen LogP contribution is 2.38. The van der Waals surface area contributed by atoms with Crippen molar-refractivity contribution in [2.75, 3.05) is 11.9 Å². The van der Waals surface area contributed by atoms with E-state index >= 15 is 0 Å². The number of aromatic nitrogens is 4. The van der Waals surface area contributed by atoms with E-state index in [1.807, 2.05) is 19.1 Å². The normalized spacial score (nSPS) is 14.9. The van der Waals surface area contributed by atoms with Crippen molar-refractivity contribution < 1.29 is 26.3 Å². The second-order valence-electron chi connectivity index (χ2n) is 10.3. The topological polar surface area (TPSA) is 66.8 Å². The number of halogens is 6. The van der Waals surface area contributed by atoms with E-state index in [1.165, 1.54) is 41.6 Å². The van der Waals surface area contributed by atoms with Crippen molar-refractivity contribution in [1.82, 2.24) is 24.8 Å². The number of fused-ring (bicyclic) bond motifs is 2. The molecule has 3 aromatic heterocycles. The molecule has 1 unspecified atom stereocenters. The van der Waals surface area contributed by atoms with Crippen LogP contribution >= 0.6 is 0 Å². The van der Waals surface area contributed by atoms with Gasteiger partial charge in [0, 0.05) is 30.2 Å². The quantitative estimate of drug-likeness (QED) is 0.208. The first-order valence-electron chi connectivity index (χ1n) is 13.4. The maximum atomic E-state index is 13.8. The van der Waals surface area contributed by atoms with Gasteiger partial charge in [0.15, 0.2) is 0 Å². The first-order valence-corrected chi connectivity index (χ1v) is 13.4. The molecular formula is C31H24F6N6. The van der Waals surface area contributed by atoms with Crippen molar-refractivity contribution >= 4 is 22.4 Å². The van der Waals surface area contributed by atoms with Crippen LogP contribution in [0.25, 0.3) is 22.2 Å². The van der Waals surface area contributed by atoms with Gasteiger partial charge < -0.3 is 5.32 Å². The fourth-order valence-electron chi connectivity index (χ4n) is 5.22. The maximum Gasteiger partial charge on any atom is 0.433 e. The number of pyridine rings is 2. The van der Waals surface area contributed by atoms with E-state index < -0.39 is 23.6 Å². The van der Waals surface area contributed by atoms with E-state index in [1.54, 1.807) is 6.07 Å². The van der Waals surface area contributed by atoms with Gasteiger partial charge in [-0.15, -0.1) is 0 Å². The third kappa shape index (κ3) is 5.87. The number of alkyl halides is 6. The average molecular weight is 595 g/mol. The molecule has 220 valence electrons. The molecule has 4 heterocycles. The minimum absolute atomic E-state index is 0.215. The van der Waals surface area contributed by atoms with Crippen LogP contribution in [0.4, 0.5) is 37.8 Å². The van der Waals surface area contributed by atoms with Gasteiger partial charge in [-0.2, -0.15) is 26.3 Å². The lowest BCUT2D eigenvalue weighted by molar-refractivity contribution is -0.141. The van der Waals surface area contributed by atoms with Gasteiger partial charge in [-0.25, -0.2) is 15.0 Å². The lowest BCUT2D eigenvalue weighted by Crippen LogP contribution is -2.33. The number of hydrogen-bond donors (Lipinski definition) is 1. The first kappa shape index (κ1) is 28.5. The first-order chi connectivity index (χ1) is 20.5. The van der Waals surface area contributed by atoms with Crippen LogP contribution in [0.5, 0.6) is 0 Å². The van der Waals surface area contributed by atoms with E-state index in [0.29, 0.717) is 23.3 Å². The minimum Gasteiger partial charge on any atom is -0.338 e. The number of benzene rings is 2. The van der Waals surface area contributed by atoms with Crippen molar-refractivity contribution in [3.05, 3.63) is 107 Å². The van der Waals surface area contributed by atoms with E-state index in [2.05, 4.69) is 32.3 Å². The fourth-order valence-corrected chi connectivity index (χ4v) is 5.22. The summed E-state index contributed by atoms with van der Waals surface area (Å²) in [5.41, 5.74) is 1.13. The second-order valence-corrected chi connectivity index (χ2v) is 10.3. The highest BCUT2D eigenvalue weighted by Gasteiger charge is 2.35. The molecule has 0 saturated carbocycles. The van der Waals surface area contributed by atoms with Gasteiger partial charge in [-0.05, 0) is 60.9 Å². The average Bonchev–Trinajstić information content (AvgIpc) is 2.99. The standard InChI is InChI=1S/C31H24F6N6/c1-18(43-14-12-19-5-2-3-6-21(19)17-43)28-41-25-15-20(27-24(30(32,33)34)7-4-13-38-27)8-10-23(25)29(42-28)40-22-9-11-26(39-16-22)31(35,36)37/h2-11,13,15-16,18H,12,14,17H2,1H3,(H,40,41,42). The maximum absolute atomic E-state index is 13.8. The van der Waals surface area contributed by atoms with Crippen molar-refractivity contribution in [3.8, 4) is 11.3 Å². The molecule has 0 fully saturated rings. The molecule has 0 radical (unpaired) electrons. The van der Waals surface area contributed by atoms with E-state index in [9.17, 15) is 26.3 Å². The Morgan fingerprint density at radius 3 is 2.35 bits per heavy atom. The predicted molar refractivity (Wildman–Crippen MR) is 149 cm³/mol. The van der Waals surface area contributed by atoms with Gasteiger partial charge in [0.05, 0.1) is 34.7 Å². The molecule has 2 aromatic carbocycles.